The average Bonchev–Trinajstić information content (AvgIpc) is 3.02. The molecule has 27 heavy (non-hydrogen) atoms. The zero-order chi connectivity index (χ0) is 19.2. The molecule has 4 aliphatic rings. The molecule has 4 rings (SSSR count). The van der Waals surface area contributed by atoms with Gasteiger partial charge in [-0.1, -0.05) is 32.8 Å². The fourth-order valence-corrected chi connectivity index (χ4v) is 7.39. The van der Waals surface area contributed by atoms with Gasteiger partial charge in [-0.15, -0.1) is 0 Å². The minimum atomic E-state index is -0.393. The zero-order valence-electron chi connectivity index (χ0n) is 17.1. The van der Waals surface area contributed by atoms with Crippen LogP contribution in [-0.2, 0) is 14.3 Å². The molecule has 0 aromatic heterocycles. The molecule has 0 aromatic carbocycles. The van der Waals surface area contributed by atoms with Crippen molar-refractivity contribution in [2.45, 2.75) is 65.2 Å². The average molecular weight is 374 g/mol. The third kappa shape index (κ3) is 3.13. The van der Waals surface area contributed by atoms with Crippen LogP contribution in [0.15, 0.2) is 11.6 Å². The van der Waals surface area contributed by atoms with Gasteiger partial charge in [0.05, 0.1) is 7.11 Å². The monoisotopic (exact) mass is 373 g/mol. The lowest BCUT2D eigenvalue weighted by Gasteiger charge is -2.58. The van der Waals surface area contributed by atoms with E-state index >= 15 is 0 Å². The highest BCUT2D eigenvalue weighted by Crippen LogP contribution is 2.63. The zero-order valence-corrected chi connectivity index (χ0v) is 17.1. The fourth-order valence-electron chi connectivity index (χ4n) is 7.39. The predicted octanol–water partition coefficient (Wildman–Crippen LogP) is 4.10. The van der Waals surface area contributed by atoms with Crippen LogP contribution in [0.3, 0.4) is 0 Å². The van der Waals surface area contributed by atoms with Crippen molar-refractivity contribution in [2.75, 3.05) is 13.7 Å². The topological polar surface area (TPSA) is 55.4 Å². The highest BCUT2D eigenvalue weighted by atomic mass is 16.5. The summed E-state index contributed by atoms with van der Waals surface area (Å²) in [5.74, 6) is 3.49. The van der Waals surface area contributed by atoms with Gasteiger partial charge < -0.3 is 10.1 Å². The Morgan fingerprint density at radius 3 is 2.70 bits per heavy atom. The molecule has 1 N–H and O–H groups in total. The van der Waals surface area contributed by atoms with Crippen molar-refractivity contribution in [1.82, 2.24) is 5.32 Å². The van der Waals surface area contributed by atoms with E-state index in [4.69, 9.17) is 0 Å². The fraction of sp³-hybridized carbons (Fsp3) is 0.826. The largest absolute Gasteiger partial charge is 0.468 e. The van der Waals surface area contributed by atoms with Crippen LogP contribution >= 0.6 is 0 Å². The number of allylic oxidation sites excluding steroid dienone is 1. The van der Waals surface area contributed by atoms with Gasteiger partial charge in [-0.25, -0.2) is 0 Å². The van der Waals surface area contributed by atoms with Gasteiger partial charge in [0.2, 0.25) is 5.91 Å². The van der Waals surface area contributed by atoms with E-state index in [0.29, 0.717) is 23.2 Å². The van der Waals surface area contributed by atoms with E-state index in [-0.39, 0.29) is 12.5 Å². The summed E-state index contributed by atoms with van der Waals surface area (Å²) in [7, 11) is 1.35. The first-order valence-corrected chi connectivity index (χ1v) is 11.0. The molecule has 0 spiro atoms. The first kappa shape index (κ1) is 19.0. The number of amides is 1. The van der Waals surface area contributed by atoms with Crippen LogP contribution in [0.25, 0.3) is 0 Å². The molecular weight excluding hydrogens is 338 g/mol. The lowest BCUT2D eigenvalue weighted by atomic mass is 9.47. The van der Waals surface area contributed by atoms with Crippen molar-refractivity contribution in [3.05, 3.63) is 11.6 Å². The number of esters is 1. The number of rotatable bonds is 3. The van der Waals surface area contributed by atoms with Crippen molar-refractivity contribution in [2.24, 2.45) is 40.9 Å². The van der Waals surface area contributed by atoms with E-state index in [9.17, 15) is 9.59 Å². The van der Waals surface area contributed by atoms with Crippen molar-refractivity contribution in [1.29, 1.82) is 0 Å². The third-order valence-electron chi connectivity index (χ3n) is 8.85. The minimum absolute atomic E-state index is 0.0411. The Hall–Kier alpha value is -1.32. The van der Waals surface area contributed by atoms with E-state index in [2.05, 4.69) is 30.0 Å². The summed E-state index contributed by atoms with van der Waals surface area (Å²) in [4.78, 5) is 24.0. The smallest absolute Gasteiger partial charge is 0.325 e. The third-order valence-corrected chi connectivity index (χ3v) is 8.85. The number of carbonyl (C=O) groups excluding carboxylic acids is 2. The molecule has 4 heteroatoms. The van der Waals surface area contributed by atoms with Gasteiger partial charge >= 0.3 is 5.97 Å². The Balaban J connectivity index is 1.52. The molecule has 0 heterocycles. The summed E-state index contributed by atoms with van der Waals surface area (Å²) in [6, 6.07) is 0. The maximum Gasteiger partial charge on any atom is 0.325 e. The number of methoxy groups -OCH3 is 1. The molecule has 0 unspecified atom stereocenters. The summed E-state index contributed by atoms with van der Waals surface area (Å²) < 4.78 is 4.64. The number of fused-ring (bicyclic) bond motifs is 5. The molecule has 0 radical (unpaired) electrons. The first-order valence-electron chi connectivity index (χ1n) is 11.0. The second kappa shape index (κ2) is 7.25. The molecule has 0 bridgehead atoms. The van der Waals surface area contributed by atoms with Crippen LogP contribution in [0, 0.1) is 40.9 Å². The van der Waals surface area contributed by atoms with Crippen LogP contribution in [0.5, 0.6) is 0 Å². The molecule has 3 saturated carbocycles. The van der Waals surface area contributed by atoms with E-state index in [1.54, 1.807) is 0 Å². The quantitative estimate of drug-likeness (QED) is 0.758. The molecule has 150 valence electrons. The second-order valence-electron chi connectivity index (χ2n) is 9.78. The summed E-state index contributed by atoms with van der Waals surface area (Å²) in [5.41, 5.74) is 1.43. The van der Waals surface area contributed by atoms with E-state index in [1.807, 2.05) is 0 Å². The first-order chi connectivity index (χ1) is 13.0. The van der Waals surface area contributed by atoms with Gasteiger partial charge in [-0.3, -0.25) is 9.59 Å². The molecule has 0 aliphatic heterocycles. The van der Waals surface area contributed by atoms with E-state index in [1.165, 1.54) is 58.5 Å². The molecule has 1 amide bonds. The molecule has 4 nitrogen and oxygen atoms in total. The Morgan fingerprint density at radius 1 is 1.15 bits per heavy atom. The van der Waals surface area contributed by atoms with Gasteiger partial charge in [0.1, 0.15) is 6.54 Å². The minimum Gasteiger partial charge on any atom is -0.468 e. The Labute approximate surface area is 163 Å². The van der Waals surface area contributed by atoms with Gasteiger partial charge in [0, 0.05) is 5.57 Å². The molecule has 7 atom stereocenters. The van der Waals surface area contributed by atoms with Gasteiger partial charge in [-0.05, 0) is 79.4 Å². The number of nitrogens with one attached hydrogen (secondary N) is 1. The number of carbonyl (C=O) groups is 2. The molecule has 3 fully saturated rings. The normalized spacial score (nSPS) is 43.0. The van der Waals surface area contributed by atoms with Gasteiger partial charge in [0.15, 0.2) is 0 Å². The SMILES string of the molecule is COC(=O)CNC(=O)C1=C[C@@H]2[C@@H](CC[C@H]3[C@H]2CC[C@H]2CCCC[C@@]23C)[C@@H]1C. The molecule has 0 saturated heterocycles. The number of hydrogen-bond donors (Lipinski definition) is 1. The summed E-state index contributed by atoms with van der Waals surface area (Å²) in [5, 5.41) is 2.76. The maximum absolute atomic E-state index is 12.7. The van der Waals surface area contributed by atoms with Gasteiger partial charge in [-0.2, -0.15) is 0 Å². The van der Waals surface area contributed by atoms with E-state index in [0.717, 1.165) is 23.3 Å². The Kier molecular flexibility index (Phi) is 5.11. The summed E-state index contributed by atoms with van der Waals surface area (Å²) in [6.07, 6.45) is 13.3. The highest BCUT2D eigenvalue weighted by Gasteiger charge is 2.55. The van der Waals surface area contributed by atoms with Crippen molar-refractivity contribution >= 4 is 11.9 Å². The van der Waals surface area contributed by atoms with Crippen molar-refractivity contribution in [3.8, 4) is 0 Å². The lowest BCUT2D eigenvalue weighted by molar-refractivity contribution is -0.140. The van der Waals surface area contributed by atoms with Crippen molar-refractivity contribution in [3.63, 3.8) is 0 Å². The van der Waals surface area contributed by atoms with E-state index < -0.39 is 5.97 Å². The lowest BCUT2D eigenvalue weighted by Crippen LogP contribution is -2.50. The number of ether oxygens (including phenoxy) is 1. The predicted molar refractivity (Wildman–Crippen MR) is 105 cm³/mol. The number of hydrogen-bond acceptors (Lipinski definition) is 3. The molecule has 0 aromatic rings. The highest BCUT2D eigenvalue weighted by molar-refractivity contribution is 5.96. The van der Waals surface area contributed by atoms with Crippen LogP contribution in [0.2, 0.25) is 0 Å². The van der Waals surface area contributed by atoms with Crippen molar-refractivity contribution < 1.29 is 14.3 Å². The van der Waals surface area contributed by atoms with Gasteiger partial charge in [0.25, 0.3) is 0 Å². The van der Waals surface area contributed by atoms with Crippen LogP contribution < -0.4 is 5.32 Å². The second-order valence-corrected chi connectivity index (χ2v) is 9.78. The standard InChI is InChI=1S/C23H35NO3/c1-14-16-9-10-20-17(8-7-15-6-4-5-11-23(15,20)2)19(16)12-18(14)22(26)24-13-21(25)27-3/h12,14-17,19-20H,4-11,13H2,1-3H3,(H,24,26)/t14-,15+,16-,17-,19+,20-,23-/m0/s1. The van der Waals surface area contributed by atoms with Crippen LogP contribution in [0.4, 0.5) is 0 Å². The van der Waals surface area contributed by atoms with Crippen LogP contribution in [0.1, 0.15) is 65.2 Å². The molecular formula is C23H35NO3. The Bertz CT molecular complexity index is 642. The summed E-state index contributed by atoms with van der Waals surface area (Å²) >= 11 is 0. The van der Waals surface area contributed by atoms with Crippen LogP contribution in [-0.4, -0.2) is 25.5 Å². The summed E-state index contributed by atoms with van der Waals surface area (Å²) in [6.45, 7) is 4.75. The molecule has 4 aliphatic carbocycles. The Morgan fingerprint density at radius 2 is 1.93 bits per heavy atom. The maximum atomic E-state index is 12.7.